The van der Waals surface area contributed by atoms with Gasteiger partial charge in [0.2, 0.25) is 0 Å². The van der Waals surface area contributed by atoms with Crippen LogP contribution < -0.4 is 15.4 Å². The molecule has 0 radical (unpaired) electrons. The molecule has 2 heterocycles. The summed E-state index contributed by atoms with van der Waals surface area (Å²) in [6, 6.07) is 5.08. The number of hydrogen-bond donors (Lipinski definition) is 2. The van der Waals surface area contributed by atoms with Gasteiger partial charge in [-0.3, -0.25) is 9.20 Å². The van der Waals surface area contributed by atoms with Gasteiger partial charge in [0.1, 0.15) is 23.9 Å². The fourth-order valence-corrected chi connectivity index (χ4v) is 3.24. The molecule has 0 saturated carbocycles. The molecule has 31 heavy (non-hydrogen) atoms. The number of rotatable bonds is 10. The first kappa shape index (κ1) is 22.9. The molecule has 0 unspecified atom stereocenters. The molecule has 7 nitrogen and oxygen atoms in total. The SMILES string of the molecule is COCCNCCNC(=O)c1c(C)nc2c(OCc3c(F)cccc3F)cc(Cl)cn12. The quantitative estimate of drug-likeness (QED) is 0.462. The number of amides is 1. The Kier molecular flexibility index (Phi) is 7.78. The van der Waals surface area contributed by atoms with Gasteiger partial charge < -0.3 is 20.1 Å². The van der Waals surface area contributed by atoms with Gasteiger partial charge >= 0.3 is 0 Å². The van der Waals surface area contributed by atoms with Crippen molar-refractivity contribution in [1.82, 2.24) is 20.0 Å². The molecule has 0 spiro atoms. The van der Waals surface area contributed by atoms with E-state index in [-0.39, 0.29) is 28.8 Å². The fourth-order valence-electron chi connectivity index (χ4n) is 3.04. The Morgan fingerprint density at radius 1 is 1.23 bits per heavy atom. The lowest BCUT2D eigenvalue weighted by molar-refractivity contribution is 0.0947. The Hall–Kier alpha value is -2.75. The molecular formula is C21H23ClF2N4O3. The van der Waals surface area contributed by atoms with Gasteiger partial charge in [0.05, 0.1) is 22.9 Å². The van der Waals surface area contributed by atoms with Gasteiger partial charge in [-0.05, 0) is 19.1 Å². The van der Waals surface area contributed by atoms with Crippen molar-refractivity contribution in [2.24, 2.45) is 0 Å². The van der Waals surface area contributed by atoms with Crippen molar-refractivity contribution in [2.45, 2.75) is 13.5 Å². The summed E-state index contributed by atoms with van der Waals surface area (Å²) in [5.74, 6) is -1.54. The van der Waals surface area contributed by atoms with Crippen LogP contribution in [-0.2, 0) is 11.3 Å². The third-order valence-electron chi connectivity index (χ3n) is 4.55. The summed E-state index contributed by atoms with van der Waals surface area (Å²) in [6.07, 6.45) is 1.54. The van der Waals surface area contributed by atoms with Crippen LogP contribution in [0.4, 0.5) is 8.78 Å². The highest BCUT2D eigenvalue weighted by atomic mass is 35.5. The first-order chi connectivity index (χ1) is 14.9. The van der Waals surface area contributed by atoms with Crippen LogP contribution >= 0.6 is 11.6 Å². The lowest BCUT2D eigenvalue weighted by Crippen LogP contribution is -2.33. The largest absolute Gasteiger partial charge is 0.485 e. The molecule has 2 aromatic heterocycles. The number of fused-ring (bicyclic) bond motifs is 1. The summed E-state index contributed by atoms with van der Waals surface area (Å²) in [7, 11) is 1.62. The first-order valence-corrected chi connectivity index (χ1v) is 10.0. The van der Waals surface area contributed by atoms with Gasteiger partial charge in [-0.2, -0.15) is 0 Å². The molecule has 166 valence electrons. The Morgan fingerprint density at radius 3 is 2.68 bits per heavy atom. The maximum atomic E-state index is 13.9. The number of aryl methyl sites for hydroxylation is 1. The van der Waals surface area contributed by atoms with E-state index in [0.29, 0.717) is 43.3 Å². The van der Waals surface area contributed by atoms with Gasteiger partial charge in [-0.15, -0.1) is 0 Å². The molecular weight excluding hydrogens is 430 g/mol. The molecule has 1 aromatic carbocycles. The normalized spacial score (nSPS) is 11.1. The lowest BCUT2D eigenvalue weighted by Gasteiger charge is -2.11. The fraction of sp³-hybridized carbons (Fsp3) is 0.333. The topological polar surface area (TPSA) is 76.9 Å². The number of methoxy groups -OCH3 is 1. The van der Waals surface area contributed by atoms with E-state index in [1.165, 1.54) is 16.5 Å². The first-order valence-electron chi connectivity index (χ1n) is 9.64. The van der Waals surface area contributed by atoms with Crippen LogP contribution in [0.3, 0.4) is 0 Å². The number of imidazole rings is 1. The summed E-state index contributed by atoms with van der Waals surface area (Å²) in [5.41, 5.74) is 0.884. The number of carbonyl (C=O) groups excluding carboxylic acids is 1. The third-order valence-corrected chi connectivity index (χ3v) is 4.75. The van der Waals surface area contributed by atoms with Crippen molar-refractivity contribution in [1.29, 1.82) is 0 Å². The number of halogens is 3. The minimum absolute atomic E-state index is 0.206. The number of nitrogens with zero attached hydrogens (tertiary/aromatic N) is 2. The smallest absolute Gasteiger partial charge is 0.270 e. The van der Waals surface area contributed by atoms with E-state index >= 15 is 0 Å². The molecule has 3 aromatic rings. The number of ether oxygens (including phenoxy) is 2. The van der Waals surface area contributed by atoms with Crippen molar-refractivity contribution in [2.75, 3.05) is 33.4 Å². The van der Waals surface area contributed by atoms with Gasteiger partial charge in [0, 0.05) is 39.0 Å². The molecule has 0 saturated heterocycles. The molecule has 1 amide bonds. The number of benzene rings is 1. The Labute approximate surface area is 183 Å². The summed E-state index contributed by atoms with van der Waals surface area (Å²) in [4.78, 5) is 17.1. The number of pyridine rings is 1. The van der Waals surface area contributed by atoms with E-state index in [9.17, 15) is 13.6 Å². The van der Waals surface area contributed by atoms with Crippen LogP contribution in [0, 0.1) is 18.6 Å². The second-order valence-electron chi connectivity index (χ2n) is 6.75. The monoisotopic (exact) mass is 452 g/mol. The van der Waals surface area contributed by atoms with Crippen molar-refractivity contribution in [3.63, 3.8) is 0 Å². The van der Waals surface area contributed by atoms with Crippen molar-refractivity contribution >= 4 is 23.2 Å². The lowest BCUT2D eigenvalue weighted by atomic mass is 10.2. The zero-order valence-electron chi connectivity index (χ0n) is 17.2. The molecule has 0 aliphatic carbocycles. The maximum absolute atomic E-state index is 13.9. The van der Waals surface area contributed by atoms with E-state index in [2.05, 4.69) is 15.6 Å². The average molecular weight is 453 g/mol. The highest BCUT2D eigenvalue weighted by Gasteiger charge is 2.20. The van der Waals surface area contributed by atoms with E-state index in [0.717, 1.165) is 12.1 Å². The van der Waals surface area contributed by atoms with E-state index in [1.54, 1.807) is 20.2 Å². The third kappa shape index (κ3) is 5.49. The zero-order chi connectivity index (χ0) is 22.4. The van der Waals surface area contributed by atoms with E-state index < -0.39 is 11.6 Å². The van der Waals surface area contributed by atoms with Crippen LogP contribution in [0.15, 0.2) is 30.5 Å². The van der Waals surface area contributed by atoms with Crippen LogP contribution in [0.1, 0.15) is 21.7 Å². The highest BCUT2D eigenvalue weighted by Crippen LogP contribution is 2.28. The summed E-state index contributed by atoms with van der Waals surface area (Å²) >= 11 is 6.20. The molecule has 2 N–H and O–H groups in total. The van der Waals surface area contributed by atoms with Crippen LogP contribution in [0.2, 0.25) is 5.02 Å². The number of carbonyl (C=O) groups is 1. The van der Waals surface area contributed by atoms with Crippen LogP contribution in [-0.4, -0.2) is 48.6 Å². The Balaban J connectivity index is 1.78. The predicted octanol–water partition coefficient (Wildman–Crippen LogP) is 3.12. The number of aromatic nitrogens is 2. The molecule has 0 fully saturated rings. The molecule has 0 bridgehead atoms. The second-order valence-corrected chi connectivity index (χ2v) is 7.19. The second kappa shape index (κ2) is 10.5. The summed E-state index contributed by atoms with van der Waals surface area (Å²) < 4.78 is 39.9. The molecule has 3 rings (SSSR count). The Bertz CT molecular complexity index is 1050. The summed E-state index contributed by atoms with van der Waals surface area (Å²) in [5, 5.41) is 6.24. The highest BCUT2D eigenvalue weighted by molar-refractivity contribution is 6.30. The maximum Gasteiger partial charge on any atom is 0.270 e. The standard InChI is InChI=1S/C21H23ClF2N4O3/c1-13-19(21(29)26-7-6-25-8-9-30-2)28-11-14(22)10-18(20(28)27-13)31-12-15-16(23)4-3-5-17(15)24/h3-5,10-11,25H,6-9,12H2,1-2H3,(H,26,29). The average Bonchev–Trinajstić information content (AvgIpc) is 3.05. The Morgan fingerprint density at radius 2 is 1.97 bits per heavy atom. The molecule has 0 aliphatic heterocycles. The van der Waals surface area contributed by atoms with Gasteiger partial charge in [0.15, 0.2) is 11.4 Å². The zero-order valence-corrected chi connectivity index (χ0v) is 17.9. The van der Waals surface area contributed by atoms with Gasteiger partial charge in [-0.25, -0.2) is 13.8 Å². The van der Waals surface area contributed by atoms with Crippen molar-refractivity contribution in [3.05, 3.63) is 64.1 Å². The molecule has 10 heteroatoms. The van der Waals surface area contributed by atoms with E-state index in [1.807, 2.05) is 0 Å². The minimum Gasteiger partial charge on any atom is -0.485 e. The molecule has 0 atom stereocenters. The van der Waals surface area contributed by atoms with Crippen LogP contribution in [0.25, 0.3) is 5.65 Å². The summed E-state index contributed by atoms with van der Waals surface area (Å²) in [6.45, 7) is 3.58. The molecule has 0 aliphatic rings. The number of nitrogens with one attached hydrogen (secondary N) is 2. The van der Waals surface area contributed by atoms with Crippen molar-refractivity contribution in [3.8, 4) is 5.75 Å². The predicted molar refractivity (Wildman–Crippen MR) is 113 cm³/mol. The number of hydrogen-bond acceptors (Lipinski definition) is 5. The van der Waals surface area contributed by atoms with Gasteiger partial charge in [0.25, 0.3) is 5.91 Å². The van der Waals surface area contributed by atoms with Gasteiger partial charge in [-0.1, -0.05) is 17.7 Å². The minimum atomic E-state index is -0.711. The van der Waals surface area contributed by atoms with E-state index in [4.69, 9.17) is 21.1 Å². The van der Waals surface area contributed by atoms with Crippen LogP contribution in [0.5, 0.6) is 5.75 Å². The van der Waals surface area contributed by atoms with Crippen molar-refractivity contribution < 1.29 is 23.0 Å².